The predicted octanol–water partition coefficient (Wildman–Crippen LogP) is 1.60. The quantitative estimate of drug-likeness (QED) is 0.785. The first-order valence-electron chi connectivity index (χ1n) is 6.17. The molecule has 1 unspecified atom stereocenters. The molecule has 16 heavy (non-hydrogen) atoms. The minimum absolute atomic E-state index is 0.359. The molecule has 4 heteroatoms. The normalized spacial score (nSPS) is 26.7. The second-order valence-electron chi connectivity index (χ2n) is 4.76. The number of fused-ring (bicyclic) bond motifs is 1. The molecule has 0 aliphatic carbocycles. The third-order valence-corrected chi connectivity index (χ3v) is 3.64. The van der Waals surface area contributed by atoms with Crippen molar-refractivity contribution in [3.63, 3.8) is 0 Å². The number of aromatic nitrogens is 2. The van der Waals surface area contributed by atoms with E-state index in [1.54, 1.807) is 0 Å². The molecule has 88 valence electrons. The monoisotopic (exact) mass is 222 g/mol. The van der Waals surface area contributed by atoms with E-state index in [2.05, 4.69) is 15.7 Å². The first kappa shape index (κ1) is 10.3. The first-order valence-corrected chi connectivity index (χ1v) is 6.17. The molecule has 0 amide bonds. The smallest absolute Gasteiger partial charge is 0.137 e. The summed E-state index contributed by atoms with van der Waals surface area (Å²) in [5, 5.41) is 9.87. The Bertz CT molecular complexity index is 369. The lowest BCUT2D eigenvalue weighted by molar-refractivity contribution is 0.0844. The zero-order chi connectivity index (χ0) is 11.0. The predicted molar refractivity (Wildman–Crippen MR) is 59.2 cm³/mol. The number of aliphatic hydroxyl groups is 1. The molecule has 1 atom stereocenters. The van der Waals surface area contributed by atoms with Crippen molar-refractivity contribution in [3.8, 4) is 0 Å². The second kappa shape index (κ2) is 4.18. The van der Waals surface area contributed by atoms with Crippen LogP contribution in [-0.2, 0) is 11.3 Å². The van der Waals surface area contributed by atoms with E-state index in [9.17, 15) is 5.11 Å². The van der Waals surface area contributed by atoms with Gasteiger partial charge in [-0.05, 0) is 25.7 Å². The van der Waals surface area contributed by atoms with Crippen LogP contribution in [0.2, 0.25) is 0 Å². The molecule has 1 fully saturated rings. The molecule has 0 aromatic carbocycles. The number of aryl methyl sites for hydroxylation is 1. The average molecular weight is 222 g/mol. The van der Waals surface area contributed by atoms with E-state index in [1.807, 2.05) is 0 Å². The zero-order valence-corrected chi connectivity index (χ0v) is 9.43. The molecule has 1 N–H and O–H groups in total. The molecule has 2 aliphatic rings. The summed E-state index contributed by atoms with van der Waals surface area (Å²) < 4.78 is 7.48. The van der Waals surface area contributed by atoms with E-state index in [0.29, 0.717) is 5.92 Å². The Labute approximate surface area is 95.3 Å². The van der Waals surface area contributed by atoms with Crippen LogP contribution in [0, 0.1) is 0 Å². The molecule has 4 nitrogen and oxygen atoms in total. The number of hydrogen-bond acceptors (Lipinski definition) is 3. The van der Waals surface area contributed by atoms with Crippen molar-refractivity contribution < 1.29 is 9.84 Å². The summed E-state index contributed by atoms with van der Waals surface area (Å²) in [6, 6.07) is 0. The highest BCUT2D eigenvalue weighted by molar-refractivity contribution is 5.13. The molecule has 2 aliphatic heterocycles. The van der Waals surface area contributed by atoms with Gasteiger partial charge < -0.3 is 14.4 Å². The Balaban J connectivity index is 1.85. The standard InChI is InChI=1S/C12H18N2O2/c15-11-2-1-5-14-8-10(13-12(11)14)9-3-6-16-7-4-9/h8-9,11,15H,1-7H2. The number of hydrogen-bond donors (Lipinski definition) is 1. The van der Waals surface area contributed by atoms with Crippen LogP contribution < -0.4 is 0 Å². The summed E-state index contributed by atoms with van der Waals surface area (Å²) in [6.45, 7) is 2.69. The molecule has 0 radical (unpaired) electrons. The van der Waals surface area contributed by atoms with E-state index in [0.717, 1.165) is 57.0 Å². The average Bonchev–Trinajstić information content (AvgIpc) is 2.76. The van der Waals surface area contributed by atoms with Crippen LogP contribution in [0.3, 0.4) is 0 Å². The van der Waals surface area contributed by atoms with Crippen LogP contribution in [0.4, 0.5) is 0 Å². The van der Waals surface area contributed by atoms with Crippen LogP contribution in [0.25, 0.3) is 0 Å². The summed E-state index contributed by atoms with van der Waals surface area (Å²) in [7, 11) is 0. The Morgan fingerprint density at radius 3 is 2.88 bits per heavy atom. The topological polar surface area (TPSA) is 47.3 Å². The van der Waals surface area contributed by atoms with Gasteiger partial charge >= 0.3 is 0 Å². The Kier molecular flexibility index (Phi) is 2.69. The second-order valence-corrected chi connectivity index (χ2v) is 4.76. The summed E-state index contributed by atoms with van der Waals surface area (Å²) >= 11 is 0. The van der Waals surface area contributed by atoms with Crippen molar-refractivity contribution in [3.05, 3.63) is 17.7 Å². The van der Waals surface area contributed by atoms with Crippen LogP contribution in [0.5, 0.6) is 0 Å². The van der Waals surface area contributed by atoms with Gasteiger partial charge in [-0.25, -0.2) is 4.98 Å². The molecule has 0 spiro atoms. The summed E-state index contributed by atoms with van der Waals surface area (Å²) in [4.78, 5) is 4.61. The fourth-order valence-electron chi connectivity index (χ4n) is 2.67. The SMILES string of the molecule is OC1CCCn2cc(C3CCOCC3)nc21. The van der Waals surface area contributed by atoms with Gasteiger partial charge in [-0.2, -0.15) is 0 Å². The number of rotatable bonds is 1. The van der Waals surface area contributed by atoms with Crippen molar-refractivity contribution >= 4 is 0 Å². The number of aliphatic hydroxyl groups excluding tert-OH is 1. The van der Waals surface area contributed by atoms with Crippen molar-refractivity contribution in [2.75, 3.05) is 13.2 Å². The van der Waals surface area contributed by atoms with Crippen LogP contribution in [0.15, 0.2) is 6.20 Å². The minimum Gasteiger partial charge on any atom is -0.385 e. The van der Waals surface area contributed by atoms with E-state index >= 15 is 0 Å². The zero-order valence-electron chi connectivity index (χ0n) is 9.43. The Morgan fingerprint density at radius 2 is 2.12 bits per heavy atom. The maximum Gasteiger partial charge on any atom is 0.137 e. The van der Waals surface area contributed by atoms with Gasteiger partial charge in [0.05, 0.1) is 5.69 Å². The lowest BCUT2D eigenvalue weighted by Gasteiger charge is -2.19. The first-order chi connectivity index (χ1) is 7.84. The van der Waals surface area contributed by atoms with Gasteiger partial charge in [0.25, 0.3) is 0 Å². The highest BCUT2D eigenvalue weighted by Crippen LogP contribution is 2.30. The molecule has 1 saturated heterocycles. The molecule has 0 saturated carbocycles. The van der Waals surface area contributed by atoms with Crippen LogP contribution in [-0.4, -0.2) is 27.9 Å². The number of imidazole rings is 1. The fraction of sp³-hybridized carbons (Fsp3) is 0.750. The van der Waals surface area contributed by atoms with Crippen LogP contribution >= 0.6 is 0 Å². The van der Waals surface area contributed by atoms with Gasteiger partial charge in [0.15, 0.2) is 0 Å². The lowest BCUT2D eigenvalue weighted by Crippen LogP contribution is -2.15. The van der Waals surface area contributed by atoms with Crippen molar-refractivity contribution in [2.24, 2.45) is 0 Å². The molecule has 0 bridgehead atoms. The largest absolute Gasteiger partial charge is 0.385 e. The highest BCUT2D eigenvalue weighted by Gasteiger charge is 2.24. The fourth-order valence-corrected chi connectivity index (χ4v) is 2.67. The van der Waals surface area contributed by atoms with Crippen LogP contribution in [0.1, 0.15) is 49.2 Å². The van der Waals surface area contributed by atoms with Crippen molar-refractivity contribution in [1.82, 2.24) is 9.55 Å². The summed E-state index contributed by atoms with van der Waals surface area (Å²) in [5.74, 6) is 1.40. The van der Waals surface area contributed by atoms with Gasteiger partial charge in [-0.3, -0.25) is 0 Å². The minimum atomic E-state index is -0.359. The summed E-state index contributed by atoms with van der Waals surface area (Å²) in [5.41, 5.74) is 1.15. The lowest BCUT2D eigenvalue weighted by atomic mass is 9.97. The molecule has 1 aromatic rings. The molecule has 1 aromatic heterocycles. The van der Waals surface area contributed by atoms with E-state index in [-0.39, 0.29) is 6.10 Å². The van der Waals surface area contributed by atoms with E-state index in [1.165, 1.54) is 0 Å². The van der Waals surface area contributed by atoms with E-state index < -0.39 is 0 Å². The third-order valence-electron chi connectivity index (χ3n) is 3.64. The number of ether oxygens (including phenoxy) is 1. The van der Waals surface area contributed by atoms with Crippen molar-refractivity contribution in [1.29, 1.82) is 0 Å². The third kappa shape index (κ3) is 1.76. The maximum atomic E-state index is 9.87. The Morgan fingerprint density at radius 1 is 1.31 bits per heavy atom. The van der Waals surface area contributed by atoms with Gasteiger partial charge in [0.1, 0.15) is 11.9 Å². The number of nitrogens with zero attached hydrogens (tertiary/aromatic N) is 2. The highest BCUT2D eigenvalue weighted by atomic mass is 16.5. The molecule has 3 heterocycles. The van der Waals surface area contributed by atoms with Gasteiger partial charge in [0, 0.05) is 31.9 Å². The molecule has 3 rings (SSSR count). The summed E-state index contributed by atoms with van der Waals surface area (Å²) in [6.07, 6.45) is 5.80. The Hall–Kier alpha value is -0.870. The van der Waals surface area contributed by atoms with Gasteiger partial charge in [-0.15, -0.1) is 0 Å². The van der Waals surface area contributed by atoms with E-state index in [4.69, 9.17) is 4.74 Å². The van der Waals surface area contributed by atoms with Gasteiger partial charge in [-0.1, -0.05) is 0 Å². The molecular formula is C12H18N2O2. The molecular weight excluding hydrogens is 204 g/mol. The van der Waals surface area contributed by atoms with Crippen molar-refractivity contribution in [2.45, 2.75) is 44.2 Å². The van der Waals surface area contributed by atoms with Gasteiger partial charge in [0.2, 0.25) is 0 Å². The maximum absolute atomic E-state index is 9.87.